The van der Waals surface area contributed by atoms with Crippen LogP contribution in [0.15, 0.2) is 23.4 Å². The third kappa shape index (κ3) is 4.26. The van der Waals surface area contributed by atoms with Gasteiger partial charge in [0.25, 0.3) is 0 Å². The van der Waals surface area contributed by atoms with Gasteiger partial charge in [0.15, 0.2) is 5.16 Å². The number of nitrogens with one attached hydrogen (secondary N) is 1. The second kappa shape index (κ2) is 7.84. The Labute approximate surface area is 145 Å². The number of halogens is 1. The Morgan fingerprint density at radius 2 is 2.13 bits per heavy atom. The summed E-state index contributed by atoms with van der Waals surface area (Å²) in [7, 11) is 0. The first-order valence-electron chi connectivity index (χ1n) is 7.54. The molecule has 1 heterocycles. The second-order valence-electron chi connectivity index (χ2n) is 5.49. The molecule has 23 heavy (non-hydrogen) atoms. The molecule has 0 aliphatic rings. The zero-order chi connectivity index (χ0) is 17.0. The standard InChI is InChI=1S/C16H21ClN4OS/c1-5-21-15(10(2)3)19-20-16(21)23-9-14(22)18-13-8-6-7-12(17)11(13)4/h6-8,10H,5,9H2,1-4H3,(H,18,22). The molecule has 0 bridgehead atoms. The molecule has 0 unspecified atom stereocenters. The van der Waals surface area contributed by atoms with Gasteiger partial charge in [-0.15, -0.1) is 10.2 Å². The first-order chi connectivity index (χ1) is 10.9. The van der Waals surface area contributed by atoms with Crippen molar-refractivity contribution < 1.29 is 4.79 Å². The highest BCUT2D eigenvalue weighted by Crippen LogP contribution is 2.24. The lowest BCUT2D eigenvalue weighted by atomic mass is 10.2. The molecule has 0 atom stereocenters. The molecule has 2 aromatic rings. The predicted molar refractivity (Wildman–Crippen MR) is 95.3 cm³/mol. The lowest BCUT2D eigenvalue weighted by Gasteiger charge is -2.10. The van der Waals surface area contributed by atoms with E-state index in [4.69, 9.17) is 11.6 Å². The monoisotopic (exact) mass is 352 g/mol. The topological polar surface area (TPSA) is 59.8 Å². The Balaban J connectivity index is 2.01. The maximum absolute atomic E-state index is 12.2. The molecule has 2 rings (SSSR count). The smallest absolute Gasteiger partial charge is 0.234 e. The largest absolute Gasteiger partial charge is 0.325 e. The molecule has 7 heteroatoms. The minimum absolute atomic E-state index is 0.0860. The van der Waals surface area contributed by atoms with Crippen molar-refractivity contribution in [2.24, 2.45) is 0 Å². The van der Waals surface area contributed by atoms with Gasteiger partial charge >= 0.3 is 0 Å². The number of benzene rings is 1. The van der Waals surface area contributed by atoms with Crippen LogP contribution in [0.1, 0.15) is 38.1 Å². The molecular weight excluding hydrogens is 332 g/mol. The van der Waals surface area contributed by atoms with E-state index >= 15 is 0 Å². The fourth-order valence-electron chi connectivity index (χ4n) is 2.19. The van der Waals surface area contributed by atoms with Gasteiger partial charge in [0.1, 0.15) is 5.82 Å². The summed E-state index contributed by atoms with van der Waals surface area (Å²) < 4.78 is 2.05. The summed E-state index contributed by atoms with van der Waals surface area (Å²) in [5, 5.41) is 12.7. The van der Waals surface area contributed by atoms with Crippen molar-refractivity contribution in [2.45, 2.75) is 45.3 Å². The van der Waals surface area contributed by atoms with Gasteiger partial charge < -0.3 is 9.88 Å². The van der Waals surface area contributed by atoms with E-state index in [2.05, 4.69) is 36.3 Å². The molecule has 0 radical (unpaired) electrons. The van der Waals surface area contributed by atoms with Crippen molar-refractivity contribution in [1.29, 1.82) is 0 Å². The highest BCUT2D eigenvalue weighted by atomic mass is 35.5. The van der Waals surface area contributed by atoms with E-state index in [0.717, 1.165) is 28.8 Å². The third-order valence-corrected chi connectivity index (χ3v) is 4.83. The molecule has 0 fully saturated rings. The first kappa shape index (κ1) is 17.8. The summed E-state index contributed by atoms with van der Waals surface area (Å²) >= 11 is 7.46. The van der Waals surface area contributed by atoms with E-state index in [1.54, 1.807) is 6.07 Å². The number of amides is 1. The Kier molecular flexibility index (Phi) is 6.07. The lowest BCUT2D eigenvalue weighted by molar-refractivity contribution is -0.113. The minimum Gasteiger partial charge on any atom is -0.325 e. The maximum atomic E-state index is 12.2. The number of hydrogen-bond acceptors (Lipinski definition) is 4. The number of nitrogens with zero attached hydrogens (tertiary/aromatic N) is 3. The van der Waals surface area contributed by atoms with Crippen molar-refractivity contribution in [3.63, 3.8) is 0 Å². The molecule has 1 N–H and O–H groups in total. The van der Waals surface area contributed by atoms with Crippen LogP contribution >= 0.6 is 23.4 Å². The number of carbonyl (C=O) groups is 1. The average molecular weight is 353 g/mol. The average Bonchev–Trinajstić information content (AvgIpc) is 2.93. The Hall–Kier alpha value is -1.53. The lowest BCUT2D eigenvalue weighted by Crippen LogP contribution is -2.15. The highest BCUT2D eigenvalue weighted by Gasteiger charge is 2.15. The quantitative estimate of drug-likeness (QED) is 0.794. The number of thioether (sulfide) groups is 1. The summed E-state index contributed by atoms with van der Waals surface area (Å²) in [5.74, 6) is 1.44. The molecule has 0 aliphatic carbocycles. The molecule has 1 amide bonds. The maximum Gasteiger partial charge on any atom is 0.234 e. The van der Waals surface area contributed by atoms with E-state index in [-0.39, 0.29) is 11.7 Å². The molecule has 0 aliphatic heterocycles. The van der Waals surface area contributed by atoms with Crippen molar-refractivity contribution in [1.82, 2.24) is 14.8 Å². The molecule has 5 nitrogen and oxygen atoms in total. The van der Waals surface area contributed by atoms with Crippen LogP contribution in [0.25, 0.3) is 0 Å². The number of hydrogen-bond donors (Lipinski definition) is 1. The minimum atomic E-state index is -0.0860. The van der Waals surface area contributed by atoms with Crippen molar-refractivity contribution >= 4 is 35.0 Å². The van der Waals surface area contributed by atoms with Crippen LogP contribution in [-0.2, 0) is 11.3 Å². The van der Waals surface area contributed by atoms with Gasteiger partial charge in [0.05, 0.1) is 5.75 Å². The molecular formula is C16H21ClN4OS. The van der Waals surface area contributed by atoms with Crippen LogP contribution in [0.4, 0.5) is 5.69 Å². The number of aromatic nitrogens is 3. The van der Waals surface area contributed by atoms with E-state index in [1.165, 1.54) is 11.8 Å². The third-order valence-electron chi connectivity index (χ3n) is 3.45. The van der Waals surface area contributed by atoms with Crippen LogP contribution in [0.3, 0.4) is 0 Å². The van der Waals surface area contributed by atoms with Crippen molar-refractivity contribution in [2.75, 3.05) is 11.1 Å². The highest BCUT2D eigenvalue weighted by molar-refractivity contribution is 7.99. The van der Waals surface area contributed by atoms with E-state index in [9.17, 15) is 4.79 Å². The Morgan fingerprint density at radius 3 is 2.78 bits per heavy atom. The fourth-order valence-corrected chi connectivity index (χ4v) is 3.17. The van der Waals surface area contributed by atoms with E-state index in [1.807, 2.05) is 23.6 Å². The molecule has 0 saturated heterocycles. The molecule has 0 spiro atoms. The van der Waals surface area contributed by atoms with Gasteiger partial charge in [-0.3, -0.25) is 4.79 Å². The summed E-state index contributed by atoms with van der Waals surface area (Å²) in [6.45, 7) is 8.89. The van der Waals surface area contributed by atoms with Gasteiger partial charge in [0.2, 0.25) is 5.91 Å². The van der Waals surface area contributed by atoms with Crippen molar-refractivity contribution in [3.8, 4) is 0 Å². The molecule has 1 aromatic heterocycles. The zero-order valence-corrected chi connectivity index (χ0v) is 15.3. The van der Waals surface area contributed by atoms with Gasteiger partial charge in [0, 0.05) is 23.2 Å². The van der Waals surface area contributed by atoms with Crippen LogP contribution in [-0.4, -0.2) is 26.4 Å². The summed E-state index contributed by atoms with van der Waals surface area (Å²) in [5.41, 5.74) is 1.61. The summed E-state index contributed by atoms with van der Waals surface area (Å²) in [4.78, 5) is 12.2. The fraction of sp³-hybridized carbons (Fsp3) is 0.438. The second-order valence-corrected chi connectivity index (χ2v) is 6.84. The first-order valence-corrected chi connectivity index (χ1v) is 8.91. The van der Waals surface area contributed by atoms with Crippen LogP contribution < -0.4 is 5.32 Å². The van der Waals surface area contributed by atoms with Gasteiger partial charge in [-0.05, 0) is 31.5 Å². The number of rotatable bonds is 6. The van der Waals surface area contributed by atoms with Gasteiger partial charge in [-0.25, -0.2) is 0 Å². The number of carbonyl (C=O) groups excluding carboxylic acids is 1. The molecule has 0 saturated carbocycles. The van der Waals surface area contributed by atoms with Gasteiger partial charge in [-0.2, -0.15) is 0 Å². The SMILES string of the molecule is CCn1c(SCC(=O)Nc2cccc(Cl)c2C)nnc1C(C)C. The molecule has 124 valence electrons. The predicted octanol–water partition coefficient (Wildman–Crippen LogP) is 4.11. The Bertz CT molecular complexity index is 699. The number of anilines is 1. The van der Waals surface area contributed by atoms with Gasteiger partial charge in [-0.1, -0.05) is 43.3 Å². The summed E-state index contributed by atoms with van der Waals surface area (Å²) in [6.07, 6.45) is 0. The van der Waals surface area contributed by atoms with Crippen molar-refractivity contribution in [3.05, 3.63) is 34.6 Å². The van der Waals surface area contributed by atoms with Crippen LogP contribution in [0.5, 0.6) is 0 Å². The van der Waals surface area contributed by atoms with Crippen LogP contribution in [0, 0.1) is 6.92 Å². The zero-order valence-electron chi connectivity index (χ0n) is 13.8. The normalized spacial score (nSPS) is 11.0. The molecule has 1 aromatic carbocycles. The van der Waals surface area contributed by atoms with E-state index < -0.39 is 0 Å². The summed E-state index contributed by atoms with van der Waals surface area (Å²) in [6, 6.07) is 5.47. The van der Waals surface area contributed by atoms with E-state index in [0.29, 0.717) is 10.9 Å². The van der Waals surface area contributed by atoms with Crippen LogP contribution in [0.2, 0.25) is 5.02 Å². The Morgan fingerprint density at radius 1 is 1.39 bits per heavy atom.